The molecule has 0 saturated heterocycles. The number of nitrogens with two attached hydrogens (primary N) is 1. The lowest BCUT2D eigenvalue weighted by Gasteiger charge is -2.19. The molecular formula is C13H14N2O5S. The molecule has 0 atom stereocenters. The van der Waals surface area contributed by atoms with Crippen LogP contribution in [0.25, 0.3) is 11.0 Å². The number of nitrogens with zero attached hydrogens (tertiary/aromatic N) is 1. The Morgan fingerprint density at radius 2 is 2.05 bits per heavy atom. The summed E-state index contributed by atoms with van der Waals surface area (Å²) in [6.07, 6.45) is 1.53. The van der Waals surface area contributed by atoms with Gasteiger partial charge in [0.05, 0.1) is 6.26 Å². The van der Waals surface area contributed by atoms with Gasteiger partial charge in [-0.1, -0.05) is 18.2 Å². The van der Waals surface area contributed by atoms with Crippen LogP contribution < -0.4 is 10.0 Å². The van der Waals surface area contributed by atoms with Crippen LogP contribution in [0, 0.1) is 0 Å². The number of amides is 1. The number of hydrogen-bond acceptors (Lipinski definition) is 5. The summed E-state index contributed by atoms with van der Waals surface area (Å²) in [5.74, 6) is -0.956. The van der Waals surface area contributed by atoms with Crippen molar-refractivity contribution in [2.24, 2.45) is 5.73 Å². The summed E-state index contributed by atoms with van der Waals surface area (Å²) in [5.41, 5.74) is 5.68. The molecule has 0 aliphatic heterocycles. The van der Waals surface area contributed by atoms with E-state index in [1.54, 1.807) is 24.3 Å². The van der Waals surface area contributed by atoms with Gasteiger partial charge in [0.25, 0.3) is 5.91 Å². The van der Waals surface area contributed by atoms with Crippen LogP contribution in [0.1, 0.15) is 16.8 Å². The van der Waals surface area contributed by atoms with E-state index >= 15 is 0 Å². The molecule has 0 saturated carbocycles. The first-order valence-corrected chi connectivity index (χ1v) is 7.93. The van der Waals surface area contributed by atoms with E-state index in [0.29, 0.717) is 17.3 Å². The molecule has 7 nitrogen and oxygen atoms in total. The molecule has 0 aliphatic rings. The highest BCUT2D eigenvalue weighted by Gasteiger charge is 2.28. The summed E-state index contributed by atoms with van der Waals surface area (Å²) in [6, 6.07) is 6.59. The molecular weight excluding hydrogens is 296 g/mol. The lowest BCUT2D eigenvalue weighted by atomic mass is 10.1. The maximum absolute atomic E-state index is 11.9. The monoisotopic (exact) mass is 310 g/mol. The lowest BCUT2D eigenvalue weighted by Crippen LogP contribution is -2.32. The number of hydrogen-bond donors (Lipinski definition) is 1. The predicted molar refractivity (Wildman–Crippen MR) is 77.6 cm³/mol. The van der Waals surface area contributed by atoms with Gasteiger partial charge in [0.2, 0.25) is 15.9 Å². The molecule has 1 amide bonds. The number of primary amides is 1. The Balaban J connectivity index is 2.70. The molecule has 1 aromatic heterocycles. The van der Waals surface area contributed by atoms with Crippen molar-refractivity contribution in [1.29, 1.82) is 0 Å². The Kier molecular flexibility index (Phi) is 3.99. The number of aldehydes is 1. The second-order valence-electron chi connectivity index (χ2n) is 4.43. The van der Waals surface area contributed by atoms with Gasteiger partial charge in [-0.05, 0) is 6.07 Å². The summed E-state index contributed by atoms with van der Waals surface area (Å²) in [7, 11) is -3.72. The van der Waals surface area contributed by atoms with E-state index in [9.17, 15) is 18.0 Å². The first-order chi connectivity index (χ1) is 9.86. The molecule has 0 radical (unpaired) electrons. The molecule has 2 N–H and O–H groups in total. The Hall–Kier alpha value is -2.35. The van der Waals surface area contributed by atoms with Crippen LogP contribution in [0.3, 0.4) is 0 Å². The number of sulfonamides is 1. The minimum Gasteiger partial charge on any atom is -0.439 e. The van der Waals surface area contributed by atoms with Crippen molar-refractivity contribution in [2.45, 2.75) is 6.42 Å². The van der Waals surface area contributed by atoms with Crippen LogP contribution in [0.5, 0.6) is 0 Å². The standard InChI is InChI=1S/C13H14N2O5S/c1-21(18,19)15(7-4-8-16)13-11(12(14)17)9-5-2-3-6-10(9)20-13/h2-3,5-6,8H,4,7H2,1H3,(H2,14,17). The van der Waals surface area contributed by atoms with Gasteiger partial charge >= 0.3 is 0 Å². The van der Waals surface area contributed by atoms with E-state index in [1.807, 2.05) is 0 Å². The quantitative estimate of drug-likeness (QED) is 0.796. The molecule has 2 rings (SSSR count). The van der Waals surface area contributed by atoms with E-state index < -0.39 is 15.9 Å². The first kappa shape index (κ1) is 15.0. The summed E-state index contributed by atoms with van der Waals surface area (Å²) in [5, 5.41) is 0.430. The average Bonchev–Trinajstić information content (AvgIpc) is 2.76. The SMILES string of the molecule is CS(=O)(=O)N(CCC=O)c1oc2ccccc2c1C(N)=O. The molecule has 112 valence electrons. The normalized spacial score (nSPS) is 11.5. The van der Waals surface area contributed by atoms with Crippen molar-refractivity contribution in [3.05, 3.63) is 29.8 Å². The molecule has 21 heavy (non-hydrogen) atoms. The number of para-hydroxylation sites is 1. The highest BCUT2D eigenvalue weighted by molar-refractivity contribution is 7.92. The highest BCUT2D eigenvalue weighted by atomic mass is 32.2. The zero-order valence-corrected chi connectivity index (χ0v) is 12.1. The van der Waals surface area contributed by atoms with Crippen LogP contribution in [0.4, 0.5) is 5.88 Å². The van der Waals surface area contributed by atoms with Gasteiger partial charge in [-0.3, -0.25) is 4.79 Å². The Labute approximate surface area is 121 Å². The van der Waals surface area contributed by atoms with Gasteiger partial charge in [-0.2, -0.15) is 0 Å². The molecule has 1 aromatic carbocycles. The number of carbonyl (C=O) groups is 2. The Morgan fingerprint density at radius 1 is 1.38 bits per heavy atom. The van der Waals surface area contributed by atoms with Crippen LogP contribution in [-0.4, -0.2) is 33.4 Å². The number of fused-ring (bicyclic) bond motifs is 1. The van der Waals surface area contributed by atoms with E-state index in [4.69, 9.17) is 10.2 Å². The highest BCUT2D eigenvalue weighted by Crippen LogP contribution is 2.33. The maximum atomic E-state index is 11.9. The summed E-state index contributed by atoms with van der Waals surface area (Å²) < 4.78 is 30.1. The van der Waals surface area contributed by atoms with Gasteiger partial charge in [0, 0.05) is 18.4 Å². The molecule has 0 spiro atoms. The second kappa shape index (κ2) is 5.57. The average molecular weight is 310 g/mol. The van der Waals surface area contributed by atoms with E-state index in [2.05, 4.69) is 0 Å². The topological polar surface area (TPSA) is 111 Å². The number of benzene rings is 1. The van der Waals surface area contributed by atoms with Crippen molar-refractivity contribution in [3.63, 3.8) is 0 Å². The molecule has 0 unspecified atom stereocenters. The number of carbonyl (C=O) groups excluding carboxylic acids is 2. The summed E-state index contributed by atoms with van der Waals surface area (Å²) in [6.45, 7) is -0.123. The molecule has 0 bridgehead atoms. The predicted octanol–water partition coefficient (Wildman–Crippen LogP) is 0.887. The van der Waals surface area contributed by atoms with Crippen molar-refractivity contribution >= 4 is 39.1 Å². The van der Waals surface area contributed by atoms with Gasteiger partial charge in [0.1, 0.15) is 17.4 Å². The largest absolute Gasteiger partial charge is 0.439 e. The third kappa shape index (κ3) is 2.89. The van der Waals surface area contributed by atoms with Crippen LogP contribution in [0.15, 0.2) is 28.7 Å². The Bertz CT molecular complexity index is 794. The molecule has 2 aromatic rings. The van der Waals surface area contributed by atoms with Crippen LogP contribution >= 0.6 is 0 Å². The maximum Gasteiger partial charge on any atom is 0.254 e. The fraction of sp³-hybridized carbons (Fsp3) is 0.231. The number of furan rings is 1. The number of anilines is 1. The molecule has 1 heterocycles. The molecule has 8 heteroatoms. The van der Waals surface area contributed by atoms with Crippen molar-refractivity contribution < 1.29 is 22.4 Å². The van der Waals surface area contributed by atoms with Crippen molar-refractivity contribution in [2.75, 3.05) is 17.1 Å². The first-order valence-electron chi connectivity index (χ1n) is 6.09. The third-order valence-electron chi connectivity index (χ3n) is 2.90. The lowest BCUT2D eigenvalue weighted by molar-refractivity contribution is -0.107. The van der Waals surface area contributed by atoms with Crippen molar-refractivity contribution in [1.82, 2.24) is 0 Å². The van der Waals surface area contributed by atoms with E-state index in [0.717, 1.165) is 10.6 Å². The minimum absolute atomic E-state index is 0.0121. The smallest absolute Gasteiger partial charge is 0.254 e. The van der Waals surface area contributed by atoms with Gasteiger partial charge in [-0.15, -0.1) is 0 Å². The zero-order chi connectivity index (χ0) is 15.6. The molecule has 0 fully saturated rings. The minimum atomic E-state index is -3.72. The van der Waals surface area contributed by atoms with Crippen molar-refractivity contribution in [3.8, 4) is 0 Å². The number of rotatable bonds is 6. The van der Waals surface area contributed by atoms with E-state index in [-0.39, 0.29) is 24.4 Å². The fourth-order valence-electron chi connectivity index (χ4n) is 2.03. The van der Waals surface area contributed by atoms with Gasteiger partial charge < -0.3 is 14.9 Å². The van der Waals surface area contributed by atoms with Crippen LogP contribution in [0.2, 0.25) is 0 Å². The summed E-state index contributed by atoms with van der Waals surface area (Å²) in [4.78, 5) is 22.2. The molecule has 0 aliphatic carbocycles. The second-order valence-corrected chi connectivity index (χ2v) is 6.34. The fourth-order valence-corrected chi connectivity index (χ4v) is 2.90. The van der Waals surface area contributed by atoms with Gasteiger partial charge in [0.15, 0.2) is 0 Å². The van der Waals surface area contributed by atoms with Crippen LogP contribution in [-0.2, 0) is 14.8 Å². The Morgan fingerprint density at radius 3 is 2.62 bits per heavy atom. The van der Waals surface area contributed by atoms with E-state index in [1.165, 1.54) is 0 Å². The zero-order valence-electron chi connectivity index (χ0n) is 11.3. The van der Waals surface area contributed by atoms with Gasteiger partial charge in [-0.25, -0.2) is 12.7 Å². The third-order valence-corrected chi connectivity index (χ3v) is 4.05. The summed E-state index contributed by atoms with van der Waals surface area (Å²) >= 11 is 0.